The van der Waals surface area contributed by atoms with Gasteiger partial charge in [0.2, 0.25) is 0 Å². The monoisotopic (exact) mass is 602 g/mol. The Labute approximate surface area is 266 Å². The molecule has 248 valence electrons. The maximum Gasteiger partial charge on any atom is 0.306 e. The summed E-state index contributed by atoms with van der Waals surface area (Å²) in [5, 5.41) is 0. The molecule has 42 heavy (non-hydrogen) atoms. The molecule has 0 bridgehead atoms. The van der Waals surface area contributed by atoms with Crippen LogP contribution in [0, 0.1) is 0 Å². The molecule has 0 unspecified atom stereocenters. The average molecular weight is 602 g/mol. The first-order chi connectivity index (χ1) is 22.4. The van der Waals surface area contributed by atoms with E-state index in [4.69, 9.17) is 21.1 Å². The lowest BCUT2D eigenvalue weighted by atomic mass is 10.1. The van der Waals surface area contributed by atoms with Crippen LogP contribution >= 0.6 is 0 Å². The van der Waals surface area contributed by atoms with Crippen LogP contribution in [0.5, 0.6) is 0 Å². The Morgan fingerprint density at radius 1 is 0.452 bits per heavy atom. The fourth-order valence-corrected chi connectivity index (χ4v) is 4.75. The second kappa shape index (κ2) is 32.3. The molecule has 0 aliphatic carbocycles. The van der Waals surface area contributed by atoms with Crippen LogP contribution in [-0.4, -0.2) is 37.1 Å². The topological polar surface area (TPSA) is 78.9 Å². The summed E-state index contributed by atoms with van der Waals surface area (Å²) in [6.45, 7) is -0.398. The zero-order valence-electron chi connectivity index (χ0n) is 32.5. The van der Waals surface area contributed by atoms with Crippen LogP contribution in [0.3, 0.4) is 0 Å². The Morgan fingerprint density at radius 2 is 0.714 bits per heavy atom. The van der Waals surface area contributed by atoms with Gasteiger partial charge < -0.3 is 14.2 Å². The Morgan fingerprint density at radius 3 is 1.02 bits per heavy atom. The highest BCUT2D eigenvalue weighted by molar-refractivity contribution is 5.71. The zero-order chi connectivity index (χ0) is 35.4. The minimum Gasteiger partial charge on any atom is -0.462 e. The van der Waals surface area contributed by atoms with Crippen molar-refractivity contribution in [3.63, 3.8) is 0 Å². The molecule has 0 amide bonds. The van der Waals surface area contributed by atoms with E-state index in [1.54, 1.807) is 0 Å². The number of rotatable bonds is 32. The van der Waals surface area contributed by atoms with Crippen LogP contribution < -0.4 is 0 Å². The first-order valence-electron chi connectivity index (χ1n) is 20.0. The van der Waals surface area contributed by atoms with Gasteiger partial charge in [0, 0.05) is 19.3 Å². The van der Waals surface area contributed by atoms with Crippen molar-refractivity contribution in [1.29, 1.82) is 0 Å². The molecule has 0 aliphatic rings. The van der Waals surface area contributed by atoms with Crippen molar-refractivity contribution in [1.82, 2.24) is 0 Å². The van der Waals surface area contributed by atoms with Gasteiger partial charge in [0.1, 0.15) is 13.1 Å². The Hall–Kier alpha value is -1.59. The smallest absolute Gasteiger partial charge is 0.306 e. The number of unbranched alkanes of at least 4 members (excludes halogenated alkanes) is 21. The van der Waals surface area contributed by atoms with Gasteiger partial charge in [-0.25, -0.2) is 0 Å². The molecule has 0 N–H and O–H groups in total. The molecule has 0 aromatic heterocycles. The van der Waals surface area contributed by atoms with E-state index < -0.39 is 37.1 Å². The number of carbonyl (C=O) groups is 3. The van der Waals surface area contributed by atoms with E-state index in [-0.39, 0.29) is 19.3 Å². The van der Waals surface area contributed by atoms with Gasteiger partial charge in [-0.2, -0.15) is 0 Å². The van der Waals surface area contributed by atoms with Gasteiger partial charge >= 0.3 is 17.9 Å². The second-order valence-corrected chi connectivity index (χ2v) is 11.6. The summed E-state index contributed by atoms with van der Waals surface area (Å²) in [7, 11) is 0. The second-order valence-electron chi connectivity index (χ2n) is 11.6. The highest BCUT2D eigenvalue weighted by Gasteiger charge is 2.19. The number of ether oxygens (including phenoxy) is 3. The Balaban J connectivity index is 5.26. The van der Waals surface area contributed by atoms with E-state index in [0.717, 1.165) is 96.3 Å². The summed E-state index contributed by atoms with van der Waals surface area (Å²) in [5.74, 6) is -2.97. The van der Waals surface area contributed by atoms with Gasteiger partial charge in [-0.1, -0.05) is 156 Å². The van der Waals surface area contributed by atoms with E-state index >= 15 is 0 Å². The van der Waals surface area contributed by atoms with Crippen LogP contribution in [0.25, 0.3) is 0 Å². The third-order valence-electron chi connectivity index (χ3n) is 7.43. The van der Waals surface area contributed by atoms with Crippen LogP contribution in [0.15, 0.2) is 0 Å². The molecule has 0 saturated heterocycles. The van der Waals surface area contributed by atoms with Crippen LogP contribution in [0.4, 0.5) is 0 Å². The number of hydrogen-bond donors (Lipinski definition) is 0. The predicted octanol–water partition coefficient (Wildman–Crippen LogP) is 10.6. The van der Waals surface area contributed by atoms with Crippen molar-refractivity contribution in [2.75, 3.05) is 13.1 Å². The number of esters is 3. The fourth-order valence-electron chi connectivity index (χ4n) is 4.75. The van der Waals surface area contributed by atoms with Crippen LogP contribution in [0.2, 0.25) is 0 Å². The van der Waals surface area contributed by atoms with E-state index in [9.17, 15) is 14.4 Å². The van der Waals surface area contributed by atoms with E-state index in [1.807, 2.05) is 0 Å². The van der Waals surface area contributed by atoms with Gasteiger partial charge in [0.05, 0.1) is 6.85 Å². The zero-order valence-corrected chi connectivity index (χ0v) is 27.5. The molecule has 0 rings (SSSR count). The van der Waals surface area contributed by atoms with Crippen LogP contribution in [0.1, 0.15) is 201 Å². The lowest BCUT2D eigenvalue weighted by molar-refractivity contribution is -0.167. The lowest BCUT2D eigenvalue weighted by Gasteiger charge is -2.18. The standard InChI is InChI=1S/C36H68O6/c1-4-7-10-13-16-19-22-25-28-34(37)40-31-33(42-36(39)30-27-24-21-18-15-12-9-6-3)32-41-35(38)29-26-23-20-17-14-11-8-5-2/h33H,4-32H2,1-3H3/i31D2,32D2,33D. The quantitative estimate of drug-likeness (QED) is 0.0433. The molecule has 0 heterocycles. The maximum atomic E-state index is 12.8. The molecule has 0 fully saturated rings. The van der Waals surface area contributed by atoms with Crippen molar-refractivity contribution >= 4 is 17.9 Å². The third kappa shape index (κ3) is 29.9. The van der Waals surface area contributed by atoms with E-state index in [0.29, 0.717) is 19.3 Å². The van der Waals surface area contributed by atoms with Crippen molar-refractivity contribution in [2.24, 2.45) is 0 Å². The Kier molecular flexibility index (Phi) is 24.5. The molecule has 0 spiro atoms. The molecule has 6 nitrogen and oxygen atoms in total. The fraction of sp³-hybridized carbons (Fsp3) is 0.917. The molecular formula is C36H68O6. The molecule has 0 atom stereocenters. The molecular weight excluding hydrogens is 528 g/mol. The molecule has 6 heteroatoms. The SMILES string of the molecule is [2H]C([2H])(OC(=O)CCCCCCCCCC)C([2H])(OC(=O)CCCCCCCCCC)C([2H])([2H])OC(=O)CCCCCCCCCC. The molecule has 0 aromatic rings. The summed E-state index contributed by atoms with van der Waals surface area (Å²) in [4.78, 5) is 38.1. The minimum atomic E-state index is -3.47. The highest BCUT2D eigenvalue weighted by Crippen LogP contribution is 2.13. The van der Waals surface area contributed by atoms with Crippen LogP contribution in [-0.2, 0) is 28.6 Å². The summed E-state index contributed by atoms with van der Waals surface area (Å²) in [6, 6.07) is 0. The number of carbonyl (C=O) groups excluding carboxylic acids is 3. The Bertz CT molecular complexity index is 778. The molecule has 0 aliphatic heterocycles. The first kappa shape index (κ1) is 31.8. The maximum absolute atomic E-state index is 12.8. The summed E-state index contributed by atoms with van der Waals surface area (Å²) in [6.07, 6.45) is 19.5. The number of hydrogen-bond acceptors (Lipinski definition) is 6. The first-order valence-corrected chi connectivity index (χ1v) is 17.5. The molecule has 0 aromatic carbocycles. The normalized spacial score (nSPS) is 13.8. The lowest BCUT2D eigenvalue weighted by Crippen LogP contribution is -2.30. The summed E-state index contributed by atoms with van der Waals surface area (Å²) < 4.78 is 57.5. The third-order valence-corrected chi connectivity index (χ3v) is 7.43. The van der Waals surface area contributed by atoms with E-state index in [2.05, 4.69) is 20.8 Å². The van der Waals surface area contributed by atoms with Gasteiger partial charge in [-0.05, 0) is 19.3 Å². The van der Waals surface area contributed by atoms with Crippen molar-refractivity contribution in [3.05, 3.63) is 0 Å². The predicted molar refractivity (Wildman–Crippen MR) is 173 cm³/mol. The van der Waals surface area contributed by atoms with Gasteiger partial charge in [0.15, 0.2) is 6.08 Å². The minimum absolute atomic E-state index is 0.127. The summed E-state index contributed by atoms with van der Waals surface area (Å²) in [5.41, 5.74) is 0. The van der Waals surface area contributed by atoms with Crippen molar-refractivity contribution in [2.45, 2.75) is 200 Å². The summed E-state index contributed by atoms with van der Waals surface area (Å²) >= 11 is 0. The highest BCUT2D eigenvalue weighted by atomic mass is 16.6. The molecule has 0 saturated carbocycles. The van der Waals surface area contributed by atoms with Gasteiger partial charge in [0.25, 0.3) is 0 Å². The molecule has 0 radical (unpaired) electrons. The van der Waals surface area contributed by atoms with Gasteiger partial charge in [-0.3, -0.25) is 14.4 Å². The average Bonchev–Trinajstić information content (AvgIpc) is 3.00. The van der Waals surface area contributed by atoms with E-state index in [1.165, 1.54) is 38.5 Å². The van der Waals surface area contributed by atoms with Crippen molar-refractivity contribution < 1.29 is 35.4 Å². The van der Waals surface area contributed by atoms with Crippen molar-refractivity contribution in [3.8, 4) is 0 Å². The largest absolute Gasteiger partial charge is 0.462 e. The van der Waals surface area contributed by atoms with Gasteiger partial charge in [-0.15, -0.1) is 0 Å².